The second-order valence-corrected chi connectivity index (χ2v) is 13.9. The predicted octanol–water partition coefficient (Wildman–Crippen LogP) is 5.89. The van der Waals surface area contributed by atoms with Crippen LogP contribution in [0.3, 0.4) is 0 Å². The summed E-state index contributed by atoms with van der Waals surface area (Å²) in [7, 11) is -2.90. The first kappa shape index (κ1) is 34.2. The third-order valence-electron chi connectivity index (χ3n) is 7.31. The van der Waals surface area contributed by atoms with Crippen molar-refractivity contribution in [2.75, 3.05) is 18.0 Å². The maximum absolute atomic E-state index is 15.1. The number of para-hydroxylation sites is 2. The number of hydrogen-bond acceptors (Lipinski definition) is 5. The zero-order chi connectivity index (χ0) is 33.5. The van der Waals surface area contributed by atoms with Gasteiger partial charge in [0.05, 0.1) is 17.7 Å². The minimum atomic E-state index is -4.32. The zero-order valence-corrected chi connectivity index (χ0v) is 27.6. The van der Waals surface area contributed by atoms with Gasteiger partial charge in [-0.2, -0.15) is 0 Å². The second-order valence-electron chi connectivity index (χ2n) is 12.1. The number of rotatable bonds is 12. The summed E-state index contributed by atoms with van der Waals surface area (Å²) >= 11 is 0. The lowest BCUT2D eigenvalue weighted by Gasteiger charge is -2.35. The molecule has 0 saturated carbocycles. The molecule has 0 heterocycles. The van der Waals surface area contributed by atoms with Gasteiger partial charge >= 0.3 is 0 Å². The molecule has 8 nitrogen and oxygen atoms in total. The monoisotopic (exact) mass is 645 g/mol. The van der Waals surface area contributed by atoms with E-state index in [1.54, 1.807) is 42.5 Å². The van der Waals surface area contributed by atoms with Crippen molar-refractivity contribution in [1.29, 1.82) is 0 Å². The lowest BCUT2D eigenvalue weighted by molar-refractivity contribution is -0.140. The molecular weight excluding hydrogens is 605 g/mol. The maximum Gasteiger partial charge on any atom is 0.264 e. The van der Waals surface area contributed by atoms with Gasteiger partial charge in [0.25, 0.3) is 10.0 Å². The summed E-state index contributed by atoms with van der Waals surface area (Å²) in [5, 5.41) is 2.96. The van der Waals surface area contributed by atoms with E-state index in [-0.39, 0.29) is 34.9 Å². The third-order valence-corrected chi connectivity index (χ3v) is 9.08. The van der Waals surface area contributed by atoms with Crippen LogP contribution < -0.4 is 14.4 Å². The fraction of sp³-hybridized carbons (Fsp3) is 0.278. The number of nitrogens with zero attached hydrogens (tertiary/aromatic N) is 2. The summed E-state index contributed by atoms with van der Waals surface area (Å²) in [4.78, 5) is 29.7. The number of amides is 2. The Kier molecular flexibility index (Phi) is 10.8. The van der Waals surface area contributed by atoms with Crippen LogP contribution in [0.15, 0.2) is 108 Å². The largest absolute Gasteiger partial charge is 0.495 e. The topological polar surface area (TPSA) is 96.0 Å². The summed E-state index contributed by atoms with van der Waals surface area (Å²) in [5.74, 6) is -1.47. The molecule has 1 atom stereocenters. The number of halogens is 1. The first-order chi connectivity index (χ1) is 21.8. The summed E-state index contributed by atoms with van der Waals surface area (Å²) in [6.07, 6.45) is 0.113. The normalized spacial score (nSPS) is 12.2. The minimum Gasteiger partial charge on any atom is -0.495 e. The fourth-order valence-electron chi connectivity index (χ4n) is 5.00. The van der Waals surface area contributed by atoms with E-state index < -0.39 is 45.8 Å². The molecule has 0 saturated heterocycles. The molecule has 0 aliphatic heterocycles. The Morgan fingerprint density at radius 2 is 1.48 bits per heavy atom. The number of anilines is 1. The number of benzene rings is 4. The molecule has 0 radical (unpaired) electrons. The summed E-state index contributed by atoms with van der Waals surface area (Å²) < 4.78 is 50.0. The molecule has 46 heavy (non-hydrogen) atoms. The van der Waals surface area contributed by atoms with Gasteiger partial charge in [0.15, 0.2) is 0 Å². The van der Waals surface area contributed by atoms with Crippen molar-refractivity contribution in [3.63, 3.8) is 0 Å². The highest BCUT2D eigenvalue weighted by atomic mass is 32.2. The Morgan fingerprint density at radius 1 is 0.870 bits per heavy atom. The van der Waals surface area contributed by atoms with Crippen LogP contribution in [0.4, 0.5) is 10.1 Å². The maximum atomic E-state index is 15.1. The molecule has 242 valence electrons. The first-order valence-corrected chi connectivity index (χ1v) is 16.4. The minimum absolute atomic E-state index is 0.0243. The molecule has 0 aliphatic rings. The SMILES string of the molecule is COc1ccccc1N(CC(=O)N(Cc1ccccc1F)[C@H](Cc1ccccc1)C(=O)NC(C)(C)C)S(=O)(=O)c1ccc(C)cc1. The van der Waals surface area contributed by atoms with Crippen molar-refractivity contribution in [2.45, 2.75) is 57.1 Å². The average Bonchev–Trinajstić information content (AvgIpc) is 3.02. The van der Waals surface area contributed by atoms with Crippen molar-refractivity contribution in [3.05, 3.63) is 126 Å². The van der Waals surface area contributed by atoms with E-state index in [9.17, 15) is 18.0 Å². The van der Waals surface area contributed by atoms with Gasteiger partial charge in [0, 0.05) is 24.1 Å². The van der Waals surface area contributed by atoms with Gasteiger partial charge in [-0.15, -0.1) is 0 Å². The number of sulfonamides is 1. The fourth-order valence-corrected chi connectivity index (χ4v) is 6.43. The molecule has 4 rings (SSSR count). The molecule has 4 aromatic rings. The van der Waals surface area contributed by atoms with E-state index in [1.165, 1.54) is 42.3 Å². The van der Waals surface area contributed by atoms with Crippen LogP contribution in [0.25, 0.3) is 0 Å². The third kappa shape index (κ3) is 8.51. The van der Waals surface area contributed by atoms with Gasteiger partial charge < -0.3 is 15.0 Å². The second kappa shape index (κ2) is 14.6. The highest BCUT2D eigenvalue weighted by molar-refractivity contribution is 7.92. The van der Waals surface area contributed by atoms with Crippen LogP contribution in [-0.2, 0) is 32.6 Å². The first-order valence-electron chi connectivity index (χ1n) is 14.9. The zero-order valence-electron chi connectivity index (χ0n) is 26.7. The standard InChI is InChI=1S/C36H40FN3O5S/c1-26-19-21-29(22-20-26)46(43,44)40(31-17-11-12-18-33(31)45-5)25-34(41)39(24-28-15-9-10-16-30(28)37)32(35(42)38-36(2,3)4)23-27-13-7-6-8-14-27/h6-22,32H,23-25H2,1-5H3,(H,38,42)/t32-/m1/s1. The van der Waals surface area contributed by atoms with Gasteiger partial charge in [-0.25, -0.2) is 12.8 Å². The number of methoxy groups -OCH3 is 1. The van der Waals surface area contributed by atoms with Crippen molar-refractivity contribution in [1.82, 2.24) is 10.2 Å². The van der Waals surface area contributed by atoms with Gasteiger partial charge in [-0.3, -0.25) is 13.9 Å². The van der Waals surface area contributed by atoms with E-state index in [0.29, 0.717) is 0 Å². The van der Waals surface area contributed by atoms with E-state index in [0.717, 1.165) is 15.4 Å². The number of carbonyl (C=O) groups excluding carboxylic acids is 2. The van der Waals surface area contributed by atoms with Crippen molar-refractivity contribution in [3.8, 4) is 5.75 Å². The van der Waals surface area contributed by atoms with Crippen molar-refractivity contribution >= 4 is 27.5 Å². The quantitative estimate of drug-likeness (QED) is 0.207. The predicted molar refractivity (Wildman–Crippen MR) is 177 cm³/mol. The highest BCUT2D eigenvalue weighted by Crippen LogP contribution is 2.33. The molecule has 10 heteroatoms. The molecule has 0 aliphatic carbocycles. The molecule has 0 fully saturated rings. The summed E-state index contributed by atoms with van der Waals surface area (Å²) in [6, 6.07) is 26.9. The van der Waals surface area contributed by atoms with Crippen molar-refractivity contribution in [2.24, 2.45) is 0 Å². The van der Waals surface area contributed by atoms with Gasteiger partial charge in [0.1, 0.15) is 24.2 Å². The Balaban J connectivity index is 1.85. The molecule has 0 unspecified atom stereocenters. The Bertz CT molecular complexity index is 1760. The number of ether oxygens (including phenoxy) is 1. The Hall–Kier alpha value is -4.70. The molecule has 1 N–H and O–H groups in total. The number of hydrogen-bond donors (Lipinski definition) is 1. The summed E-state index contributed by atoms with van der Waals surface area (Å²) in [5.41, 5.74) is 1.32. The number of carbonyl (C=O) groups is 2. The van der Waals surface area contributed by atoms with E-state index in [2.05, 4.69) is 5.32 Å². The van der Waals surface area contributed by atoms with Crippen LogP contribution in [-0.4, -0.2) is 50.4 Å². The molecule has 0 bridgehead atoms. The number of nitrogens with one attached hydrogen (secondary N) is 1. The molecular formula is C36H40FN3O5S. The van der Waals surface area contributed by atoms with Crippen LogP contribution in [0.5, 0.6) is 5.75 Å². The molecule has 0 aromatic heterocycles. The van der Waals surface area contributed by atoms with Crippen LogP contribution in [0.1, 0.15) is 37.5 Å². The lowest BCUT2D eigenvalue weighted by atomic mass is 10.0. The smallest absolute Gasteiger partial charge is 0.264 e. The van der Waals surface area contributed by atoms with Crippen LogP contribution in [0.2, 0.25) is 0 Å². The van der Waals surface area contributed by atoms with Gasteiger partial charge in [0.2, 0.25) is 11.8 Å². The van der Waals surface area contributed by atoms with E-state index in [4.69, 9.17) is 4.74 Å². The molecule has 4 aromatic carbocycles. The summed E-state index contributed by atoms with van der Waals surface area (Å²) in [6.45, 7) is 6.36. The number of aryl methyl sites for hydroxylation is 1. The van der Waals surface area contributed by atoms with Crippen molar-refractivity contribution < 1.29 is 27.1 Å². The van der Waals surface area contributed by atoms with Gasteiger partial charge in [-0.1, -0.05) is 78.4 Å². The molecule has 2 amide bonds. The highest BCUT2D eigenvalue weighted by Gasteiger charge is 2.36. The Morgan fingerprint density at radius 3 is 2.11 bits per heavy atom. The van der Waals surface area contributed by atoms with Gasteiger partial charge in [-0.05, 0) is 63.6 Å². The lowest BCUT2D eigenvalue weighted by Crippen LogP contribution is -2.56. The Labute approximate surface area is 270 Å². The van der Waals surface area contributed by atoms with E-state index in [1.807, 2.05) is 58.0 Å². The van der Waals surface area contributed by atoms with E-state index >= 15 is 4.39 Å². The van der Waals surface area contributed by atoms with Crippen LogP contribution >= 0.6 is 0 Å². The average molecular weight is 646 g/mol. The molecule has 0 spiro atoms. The van der Waals surface area contributed by atoms with Crippen LogP contribution in [0, 0.1) is 12.7 Å².